The van der Waals surface area contributed by atoms with Gasteiger partial charge in [0.1, 0.15) is 0 Å². The Kier molecular flexibility index (Phi) is 3.25. The molecule has 0 spiro atoms. The molecule has 1 aromatic carbocycles. The Labute approximate surface area is 90.1 Å². The summed E-state index contributed by atoms with van der Waals surface area (Å²) in [5, 5.41) is 8.24. The normalized spacial score (nSPS) is 13.3. The van der Waals surface area contributed by atoms with Crippen LogP contribution in [0.15, 0.2) is 18.2 Å². The molecule has 0 saturated carbocycles. The van der Waals surface area contributed by atoms with E-state index < -0.39 is 17.7 Å². The molecule has 1 unspecified atom stereocenters. The van der Waals surface area contributed by atoms with E-state index in [2.05, 4.69) is 0 Å². The van der Waals surface area contributed by atoms with Gasteiger partial charge in [-0.2, -0.15) is 18.4 Å². The predicted molar refractivity (Wildman–Crippen MR) is 50.5 cm³/mol. The van der Waals surface area contributed by atoms with Gasteiger partial charge in [0.2, 0.25) is 0 Å². The zero-order chi connectivity index (χ0) is 11.6. The highest BCUT2D eigenvalue weighted by Crippen LogP contribution is 2.36. The molecule has 0 aromatic heterocycles. The molecule has 1 aromatic rings. The summed E-state index contributed by atoms with van der Waals surface area (Å²) in [6.07, 6.45) is -4.48. The van der Waals surface area contributed by atoms with E-state index in [0.717, 1.165) is 12.1 Å². The molecule has 0 fully saturated rings. The van der Waals surface area contributed by atoms with Crippen LogP contribution in [0.25, 0.3) is 0 Å². The van der Waals surface area contributed by atoms with Crippen molar-refractivity contribution >= 4 is 11.6 Å². The Morgan fingerprint density at radius 2 is 2.00 bits per heavy atom. The van der Waals surface area contributed by atoms with Gasteiger partial charge in [-0.15, -0.1) is 0 Å². The molecule has 0 amide bonds. The minimum absolute atomic E-state index is 0.314. The average molecular weight is 234 g/mol. The van der Waals surface area contributed by atoms with Crippen molar-refractivity contribution in [2.75, 3.05) is 0 Å². The van der Waals surface area contributed by atoms with E-state index in [1.54, 1.807) is 0 Å². The van der Waals surface area contributed by atoms with Gasteiger partial charge in [-0.05, 0) is 24.6 Å². The first-order chi connectivity index (χ1) is 6.86. The summed E-state index contributed by atoms with van der Waals surface area (Å²) in [6, 6.07) is 5.36. The number of hydrogen-bond acceptors (Lipinski definition) is 1. The zero-order valence-corrected chi connectivity index (χ0v) is 8.52. The topological polar surface area (TPSA) is 23.8 Å². The van der Waals surface area contributed by atoms with Gasteiger partial charge in [0.15, 0.2) is 0 Å². The highest BCUT2D eigenvalue weighted by atomic mass is 35.5. The summed E-state index contributed by atoms with van der Waals surface area (Å²) in [4.78, 5) is 0. The van der Waals surface area contributed by atoms with Crippen LogP contribution in [0.5, 0.6) is 0 Å². The maximum Gasteiger partial charge on any atom is 0.417 e. The number of alkyl halides is 3. The van der Waals surface area contributed by atoms with Crippen LogP contribution < -0.4 is 0 Å². The Hall–Kier alpha value is -1.21. The Balaban J connectivity index is 3.24. The van der Waals surface area contributed by atoms with Crippen LogP contribution in [0.3, 0.4) is 0 Å². The molecule has 0 bridgehead atoms. The SMILES string of the molecule is CC(C#N)c1ccc(Cl)c(C(F)(F)F)c1. The van der Waals surface area contributed by atoms with Crippen molar-refractivity contribution in [2.24, 2.45) is 0 Å². The lowest BCUT2D eigenvalue weighted by Crippen LogP contribution is -2.07. The van der Waals surface area contributed by atoms with Gasteiger partial charge in [0.25, 0.3) is 0 Å². The van der Waals surface area contributed by atoms with E-state index in [0.29, 0.717) is 5.56 Å². The fourth-order valence-electron chi connectivity index (χ4n) is 1.10. The van der Waals surface area contributed by atoms with E-state index in [-0.39, 0.29) is 5.02 Å². The highest BCUT2D eigenvalue weighted by Gasteiger charge is 2.33. The summed E-state index contributed by atoms with van der Waals surface area (Å²) in [5.74, 6) is -0.580. The lowest BCUT2D eigenvalue weighted by Gasteiger charge is -2.11. The van der Waals surface area contributed by atoms with Gasteiger partial charge in [0, 0.05) is 0 Å². The second-order valence-electron chi connectivity index (χ2n) is 3.09. The summed E-state index contributed by atoms with van der Waals surface area (Å²) in [5.41, 5.74) is -0.585. The van der Waals surface area contributed by atoms with Gasteiger partial charge in [0.05, 0.1) is 22.6 Å². The first-order valence-corrected chi connectivity index (χ1v) is 4.50. The van der Waals surface area contributed by atoms with E-state index in [4.69, 9.17) is 16.9 Å². The molecule has 15 heavy (non-hydrogen) atoms. The Bertz CT molecular complexity index is 406. The molecule has 1 nitrogen and oxygen atoms in total. The van der Waals surface area contributed by atoms with Crippen molar-refractivity contribution in [3.63, 3.8) is 0 Å². The van der Waals surface area contributed by atoms with Crippen LogP contribution >= 0.6 is 11.6 Å². The van der Waals surface area contributed by atoms with Crippen molar-refractivity contribution in [1.82, 2.24) is 0 Å². The monoisotopic (exact) mass is 233 g/mol. The maximum atomic E-state index is 12.4. The fourth-order valence-corrected chi connectivity index (χ4v) is 1.33. The van der Waals surface area contributed by atoms with E-state index in [1.165, 1.54) is 13.0 Å². The lowest BCUT2D eigenvalue weighted by atomic mass is 10.0. The van der Waals surface area contributed by atoms with Crippen molar-refractivity contribution in [2.45, 2.75) is 19.0 Å². The number of rotatable bonds is 1. The van der Waals surface area contributed by atoms with Crippen LogP contribution in [0, 0.1) is 11.3 Å². The number of hydrogen-bond donors (Lipinski definition) is 0. The maximum absolute atomic E-state index is 12.4. The van der Waals surface area contributed by atoms with Crippen LogP contribution in [0.2, 0.25) is 5.02 Å². The van der Waals surface area contributed by atoms with Crippen molar-refractivity contribution in [1.29, 1.82) is 5.26 Å². The number of halogens is 4. The van der Waals surface area contributed by atoms with Gasteiger partial charge < -0.3 is 0 Å². The molecule has 0 aliphatic heterocycles. The second kappa shape index (κ2) is 4.11. The zero-order valence-electron chi connectivity index (χ0n) is 7.77. The molecular formula is C10H7ClF3N. The third-order valence-corrected chi connectivity index (χ3v) is 2.32. The quantitative estimate of drug-likeness (QED) is 0.720. The minimum atomic E-state index is -4.48. The van der Waals surface area contributed by atoms with Gasteiger partial charge in [-0.25, -0.2) is 0 Å². The summed E-state index contributed by atoms with van der Waals surface area (Å²) < 4.78 is 37.3. The van der Waals surface area contributed by atoms with E-state index in [1.807, 2.05) is 6.07 Å². The summed E-state index contributed by atoms with van der Waals surface area (Å²) in [6.45, 7) is 1.53. The standard InChI is InChI=1S/C10H7ClF3N/c1-6(5-15)7-2-3-9(11)8(4-7)10(12,13)14/h2-4,6H,1H3. The molecule has 5 heteroatoms. The van der Waals surface area contributed by atoms with Crippen molar-refractivity contribution in [3.8, 4) is 6.07 Å². The second-order valence-corrected chi connectivity index (χ2v) is 3.50. The predicted octanol–water partition coefficient (Wildman–Crippen LogP) is 3.99. The molecule has 1 rings (SSSR count). The summed E-state index contributed by atoms with van der Waals surface area (Å²) in [7, 11) is 0. The molecule has 0 heterocycles. The molecule has 0 aliphatic rings. The lowest BCUT2D eigenvalue weighted by molar-refractivity contribution is -0.137. The van der Waals surface area contributed by atoms with Crippen LogP contribution in [0.4, 0.5) is 13.2 Å². The Morgan fingerprint density at radius 1 is 1.40 bits per heavy atom. The smallest absolute Gasteiger partial charge is 0.198 e. The van der Waals surface area contributed by atoms with Crippen molar-refractivity contribution < 1.29 is 13.2 Å². The highest BCUT2D eigenvalue weighted by molar-refractivity contribution is 6.31. The largest absolute Gasteiger partial charge is 0.417 e. The molecule has 1 atom stereocenters. The average Bonchev–Trinajstić information content (AvgIpc) is 2.15. The van der Waals surface area contributed by atoms with E-state index >= 15 is 0 Å². The Morgan fingerprint density at radius 3 is 2.47 bits per heavy atom. The van der Waals surface area contributed by atoms with Gasteiger partial charge >= 0.3 is 6.18 Å². The van der Waals surface area contributed by atoms with Crippen LogP contribution in [-0.2, 0) is 6.18 Å². The van der Waals surface area contributed by atoms with Crippen molar-refractivity contribution in [3.05, 3.63) is 34.3 Å². The van der Waals surface area contributed by atoms with E-state index in [9.17, 15) is 13.2 Å². The molecule has 80 valence electrons. The van der Waals surface area contributed by atoms with Crippen LogP contribution in [-0.4, -0.2) is 0 Å². The molecular weight excluding hydrogens is 227 g/mol. The molecule has 0 N–H and O–H groups in total. The minimum Gasteiger partial charge on any atom is -0.198 e. The third kappa shape index (κ3) is 2.63. The molecule has 0 radical (unpaired) electrons. The first-order valence-electron chi connectivity index (χ1n) is 4.12. The van der Waals surface area contributed by atoms with Gasteiger partial charge in [-0.1, -0.05) is 17.7 Å². The number of nitrogens with zero attached hydrogens (tertiary/aromatic N) is 1. The number of nitriles is 1. The summed E-state index contributed by atoms with van der Waals surface area (Å²) >= 11 is 5.43. The third-order valence-electron chi connectivity index (χ3n) is 1.99. The van der Waals surface area contributed by atoms with Gasteiger partial charge in [-0.3, -0.25) is 0 Å². The first kappa shape index (κ1) is 11.9. The van der Waals surface area contributed by atoms with Crippen LogP contribution in [0.1, 0.15) is 24.0 Å². The molecule has 0 aliphatic carbocycles. The fraction of sp³-hybridized carbons (Fsp3) is 0.300. The molecule has 0 saturated heterocycles. The number of benzene rings is 1.